The van der Waals surface area contributed by atoms with Gasteiger partial charge in [0.15, 0.2) is 0 Å². The van der Waals surface area contributed by atoms with Crippen LogP contribution in [-0.2, 0) is 0 Å². The predicted molar refractivity (Wildman–Crippen MR) is 55.2 cm³/mol. The highest BCUT2D eigenvalue weighted by atomic mass is 15.2. The Morgan fingerprint density at radius 2 is 2.23 bits per heavy atom. The quantitative estimate of drug-likeness (QED) is 0.641. The number of hydrogen-bond acceptors (Lipinski definition) is 3. The maximum Gasteiger partial charge on any atom is 0.129 e. The summed E-state index contributed by atoms with van der Waals surface area (Å²) < 4.78 is 0. The van der Waals surface area contributed by atoms with E-state index in [1.165, 1.54) is 11.3 Å². The Labute approximate surface area is 77.9 Å². The van der Waals surface area contributed by atoms with Crippen LogP contribution in [0.15, 0.2) is 23.2 Å². The molecule has 1 heterocycles. The summed E-state index contributed by atoms with van der Waals surface area (Å²) in [7, 11) is 2.02. The number of aryl methyl sites for hydroxylation is 1. The minimum Gasteiger partial charge on any atom is -0.383 e. The Kier molecular flexibility index (Phi) is 1.72. The minimum absolute atomic E-state index is 0.646. The maximum absolute atomic E-state index is 5.78. The molecule has 1 aliphatic rings. The first kappa shape index (κ1) is 8.10. The van der Waals surface area contributed by atoms with E-state index < -0.39 is 0 Å². The smallest absolute Gasteiger partial charge is 0.129 e. The van der Waals surface area contributed by atoms with E-state index in [-0.39, 0.29) is 0 Å². The van der Waals surface area contributed by atoms with Gasteiger partial charge in [-0.15, -0.1) is 0 Å². The molecule has 0 amide bonds. The fraction of sp³-hybridized carbons (Fsp3) is 0.300. The van der Waals surface area contributed by atoms with Crippen LogP contribution < -0.4 is 10.6 Å². The van der Waals surface area contributed by atoms with Gasteiger partial charge in [0.25, 0.3) is 0 Å². The van der Waals surface area contributed by atoms with Crippen molar-refractivity contribution in [3.8, 4) is 0 Å². The summed E-state index contributed by atoms with van der Waals surface area (Å²) in [6, 6.07) is 6.22. The van der Waals surface area contributed by atoms with E-state index in [2.05, 4.69) is 28.9 Å². The molecule has 0 bridgehead atoms. The molecule has 0 saturated heterocycles. The number of nitrogens with two attached hydrogens (primary N) is 1. The van der Waals surface area contributed by atoms with Crippen molar-refractivity contribution < 1.29 is 0 Å². The number of fused-ring (bicyclic) bond motifs is 1. The van der Waals surface area contributed by atoms with Gasteiger partial charge < -0.3 is 10.6 Å². The summed E-state index contributed by atoms with van der Waals surface area (Å²) in [4.78, 5) is 6.30. The van der Waals surface area contributed by atoms with Gasteiger partial charge in [-0.05, 0) is 24.6 Å². The molecule has 2 N–H and O–H groups in total. The SMILES string of the molecule is Cc1ccc2c(c1)N(C)CN=C2N. The topological polar surface area (TPSA) is 41.6 Å². The lowest BCUT2D eigenvalue weighted by Gasteiger charge is -2.25. The number of anilines is 1. The van der Waals surface area contributed by atoms with Crippen LogP contribution in [0.1, 0.15) is 11.1 Å². The van der Waals surface area contributed by atoms with Crippen LogP contribution in [-0.4, -0.2) is 19.6 Å². The van der Waals surface area contributed by atoms with E-state index in [0.29, 0.717) is 12.5 Å². The molecule has 1 aromatic carbocycles. The van der Waals surface area contributed by atoms with Gasteiger partial charge in [0.05, 0.1) is 0 Å². The summed E-state index contributed by atoms with van der Waals surface area (Å²) in [6.07, 6.45) is 0. The summed E-state index contributed by atoms with van der Waals surface area (Å²) >= 11 is 0. The number of benzene rings is 1. The molecular weight excluding hydrogens is 162 g/mol. The van der Waals surface area contributed by atoms with E-state index in [9.17, 15) is 0 Å². The number of nitrogens with zero attached hydrogens (tertiary/aromatic N) is 2. The average Bonchev–Trinajstić information content (AvgIpc) is 2.12. The number of aliphatic imine (C=N–C) groups is 1. The molecule has 1 aliphatic heterocycles. The molecule has 68 valence electrons. The van der Waals surface area contributed by atoms with E-state index in [4.69, 9.17) is 5.73 Å². The second-order valence-electron chi connectivity index (χ2n) is 3.40. The van der Waals surface area contributed by atoms with Crippen molar-refractivity contribution in [1.82, 2.24) is 0 Å². The summed E-state index contributed by atoms with van der Waals surface area (Å²) in [5.41, 5.74) is 9.25. The largest absolute Gasteiger partial charge is 0.383 e. The van der Waals surface area contributed by atoms with Crippen molar-refractivity contribution >= 4 is 11.5 Å². The van der Waals surface area contributed by atoms with Crippen molar-refractivity contribution in [3.05, 3.63) is 29.3 Å². The number of amidine groups is 1. The Morgan fingerprint density at radius 1 is 1.46 bits per heavy atom. The van der Waals surface area contributed by atoms with Crippen LogP contribution in [0, 0.1) is 6.92 Å². The van der Waals surface area contributed by atoms with Crippen molar-refractivity contribution in [3.63, 3.8) is 0 Å². The van der Waals surface area contributed by atoms with Gasteiger partial charge in [0, 0.05) is 18.3 Å². The van der Waals surface area contributed by atoms with Crippen molar-refractivity contribution in [1.29, 1.82) is 0 Å². The molecule has 0 spiro atoms. The van der Waals surface area contributed by atoms with Crippen LogP contribution in [0.4, 0.5) is 5.69 Å². The Morgan fingerprint density at radius 3 is 3.00 bits per heavy atom. The zero-order valence-corrected chi connectivity index (χ0v) is 7.91. The molecule has 2 rings (SSSR count). The molecule has 0 aliphatic carbocycles. The van der Waals surface area contributed by atoms with Crippen molar-refractivity contribution in [2.24, 2.45) is 10.7 Å². The molecule has 0 unspecified atom stereocenters. The highest BCUT2D eigenvalue weighted by molar-refractivity contribution is 6.03. The molecule has 3 nitrogen and oxygen atoms in total. The van der Waals surface area contributed by atoms with Gasteiger partial charge in [0.1, 0.15) is 12.5 Å². The third-order valence-electron chi connectivity index (χ3n) is 2.29. The molecular formula is C10H13N3. The van der Waals surface area contributed by atoms with E-state index >= 15 is 0 Å². The minimum atomic E-state index is 0.646. The molecule has 0 atom stereocenters. The van der Waals surface area contributed by atoms with Crippen LogP contribution in [0.25, 0.3) is 0 Å². The van der Waals surface area contributed by atoms with E-state index in [1.807, 2.05) is 13.1 Å². The van der Waals surface area contributed by atoms with E-state index in [0.717, 1.165) is 5.56 Å². The van der Waals surface area contributed by atoms with E-state index in [1.54, 1.807) is 0 Å². The standard InChI is InChI=1S/C10H13N3/c1-7-3-4-8-9(5-7)13(2)6-12-10(8)11/h3-5H,6H2,1-2H3,(H2,11,12). The normalized spacial score (nSPS) is 15.2. The van der Waals surface area contributed by atoms with Crippen LogP contribution in [0.3, 0.4) is 0 Å². The second kappa shape index (κ2) is 2.76. The lowest BCUT2D eigenvalue weighted by molar-refractivity contribution is 0.912. The average molecular weight is 175 g/mol. The Balaban J connectivity index is 2.59. The van der Waals surface area contributed by atoms with Crippen LogP contribution in [0.2, 0.25) is 0 Å². The highest BCUT2D eigenvalue weighted by Crippen LogP contribution is 2.23. The number of rotatable bonds is 0. The van der Waals surface area contributed by atoms with Crippen molar-refractivity contribution in [2.75, 3.05) is 18.6 Å². The predicted octanol–water partition coefficient (Wildman–Crippen LogP) is 1.11. The third kappa shape index (κ3) is 1.26. The Bertz CT molecular complexity index is 368. The lowest BCUT2D eigenvalue weighted by atomic mass is 10.1. The lowest BCUT2D eigenvalue weighted by Crippen LogP contribution is -2.29. The van der Waals surface area contributed by atoms with Gasteiger partial charge in [-0.1, -0.05) is 6.07 Å². The van der Waals surface area contributed by atoms with Crippen LogP contribution in [0.5, 0.6) is 0 Å². The maximum atomic E-state index is 5.78. The van der Waals surface area contributed by atoms with Gasteiger partial charge in [-0.2, -0.15) is 0 Å². The fourth-order valence-electron chi connectivity index (χ4n) is 1.52. The van der Waals surface area contributed by atoms with Crippen molar-refractivity contribution in [2.45, 2.75) is 6.92 Å². The van der Waals surface area contributed by atoms with Crippen LogP contribution >= 0.6 is 0 Å². The molecule has 0 radical (unpaired) electrons. The molecule has 0 aromatic heterocycles. The molecule has 3 heteroatoms. The van der Waals surface area contributed by atoms with Gasteiger partial charge in [-0.25, -0.2) is 4.99 Å². The van der Waals surface area contributed by atoms with Gasteiger partial charge >= 0.3 is 0 Å². The fourth-order valence-corrected chi connectivity index (χ4v) is 1.52. The number of hydrogen-bond donors (Lipinski definition) is 1. The molecule has 13 heavy (non-hydrogen) atoms. The zero-order chi connectivity index (χ0) is 9.42. The second-order valence-corrected chi connectivity index (χ2v) is 3.40. The first-order valence-electron chi connectivity index (χ1n) is 4.30. The zero-order valence-electron chi connectivity index (χ0n) is 7.91. The van der Waals surface area contributed by atoms with Gasteiger partial charge in [0.2, 0.25) is 0 Å². The summed E-state index contributed by atoms with van der Waals surface area (Å²) in [5, 5.41) is 0. The monoisotopic (exact) mass is 175 g/mol. The third-order valence-corrected chi connectivity index (χ3v) is 2.29. The summed E-state index contributed by atoms with van der Waals surface area (Å²) in [5.74, 6) is 0.646. The molecule has 1 aromatic rings. The summed E-state index contributed by atoms with van der Waals surface area (Å²) in [6.45, 7) is 2.73. The highest BCUT2D eigenvalue weighted by Gasteiger charge is 2.14. The van der Waals surface area contributed by atoms with Gasteiger partial charge in [-0.3, -0.25) is 0 Å². The molecule has 0 saturated carbocycles. The first-order chi connectivity index (χ1) is 6.18. The Hall–Kier alpha value is -1.51. The first-order valence-corrected chi connectivity index (χ1v) is 4.30. The molecule has 0 fully saturated rings.